The van der Waals surface area contributed by atoms with Gasteiger partial charge in [-0.25, -0.2) is 10.2 Å². The minimum absolute atomic E-state index is 0.207. The van der Waals surface area contributed by atoms with Crippen LogP contribution < -0.4 is 20.9 Å². The molecule has 2 aromatic carbocycles. The number of halogens is 1. The summed E-state index contributed by atoms with van der Waals surface area (Å²) in [5.41, 5.74) is 7.07. The van der Waals surface area contributed by atoms with Crippen molar-refractivity contribution < 1.29 is 14.3 Å². The summed E-state index contributed by atoms with van der Waals surface area (Å²) in [5, 5.41) is 3.04. The molecule has 0 aromatic heterocycles. The normalized spacial score (nSPS) is 9.96. The highest BCUT2D eigenvalue weighted by molar-refractivity contribution is 6.30. The standard InChI is InChI=1S/C17H18ClN3O3/c1-11-6-7-15(12(2)8-11)24-10-16(22)20-21-17(23)19-14-5-3-4-13(18)9-14/h3-9H,10H2,1-2H3,(H,20,22)(H2,19,21,23). The van der Waals surface area contributed by atoms with Crippen LogP contribution in [0.2, 0.25) is 5.02 Å². The van der Waals surface area contributed by atoms with Gasteiger partial charge in [-0.05, 0) is 43.7 Å². The predicted octanol–water partition coefficient (Wildman–Crippen LogP) is 3.19. The fourth-order valence-electron chi connectivity index (χ4n) is 2.00. The zero-order valence-electron chi connectivity index (χ0n) is 13.4. The number of nitrogens with one attached hydrogen (secondary N) is 3. The highest BCUT2D eigenvalue weighted by atomic mass is 35.5. The van der Waals surface area contributed by atoms with Crippen LogP contribution in [0.5, 0.6) is 5.75 Å². The van der Waals surface area contributed by atoms with Gasteiger partial charge < -0.3 is 10.1 Å². The van der Waals surface area contributed by atoms with Crippen LogP contribution >= 0.6 is 11.6 Å². The number of amides is 3. The zero-order valence-corrected chi connectivity index (χ0v) is 14.1. The quantitative estimate of drug-likeness (QED) is 0.743. The monoisotopic (exact) mass is 347 g/mol. The summed E-state index contributed by atoms with van der Waals surface area (Å²) in [5.74, 6) is 0.148. The Labute approximate surface area is 145 Å². The van der Waals surface area contributed by atoms with E-state index >= 15 is 0 Å². The number of carbonyl (C=O) groups excluding carboxylic acids is 2. The summed E-state index contributed by atoms with van der Waals surface area (Å²) in [7, 11) is 0. The Balaban J connectivity index is 1.75. The maximum absolute atomic E-state index is 11.7. The van der Waals surface area contributed by atoms with Gasteiger partial charge in [-0.1, -0.05) is 35.4 Å². The predicted molar refractivity (Wildman–Crippen MR) is 93.2 cm³/mol. The Morgan fingerprint density at radius 2 is 1.88 bits per heavy atom. The molecular formula is C17H18ClN3O3. The van der Waals surface area contributed by atoms with Gasteiger partial charge in [0.25, 0.3) is 5.91 Å². The maximum atomic E-state index is 11.7. The lowest BCUT2D eigenvalue weighted by Crippen LogP contribution is -2.45. The summed E-state index contributed by atoms with van der Waals surface area (Å²) >= 11 is 5.82. The van der Waals surface area contributed by atoms with Crippen LogP contribution in [-0.2, 0) is 4.79 Å². The van der Waals surface area contributed by atoms with Gasteiger partial charge in [0.1, 0.15) is 5.75 Å². The fourth-order valence-corrected chi connectivity index (χ4v) is 2.19. The van der Waals surface area contributed by atoms with Gasteiger partial charge >= 0.3 is 6.03 Å². The third-order valence-electron chi connectivity index (χ3n) is 3.09. The molecule has 0 aliphatic heterocycles. The van der Waals surface area contributed by atoms with E-state index in [1.54, 1.807) is 30.3 Å². The second kappa shape index (κ2) is 8.21. The van der Waals surface area contributed by atoms with Crippen LogP contribution in [-0.4, -0.2) is 18.5 Å². The number of rotatable bonds is 4. The van der Waals surface area contributed by atoms with E-state index in [1.165, 1.54) is 0 Å². The Bertz CT molecular complexity index is 750. The molecule has 0 heterocycles. The Morgan fingerprint density at radius 3 is 2.58 bits per heavy atom. The van der Waals surface area contributed by atoms with Gasteiger partial charge in [0.05, 0.1) is 0 Å². The van der Waals surface area contributed by atoms with Crippen molar-refractivity contribution in [3.05, 3.63) is 58.6 Å². The molecule has 6 nitrogen and oxygen atoms in total. The van der Waals surface area contributed by atoms with Gasteiger partial charge in [-0.3, -0.25) is 10.2 Å². The molecule has 0 aliphatic carbocycles. The molecule has 0 unspecified atom stereocenters. The molecule has 0 spiro atoms. The first-order valence-electron chi connectivity index (χ1n) is 7.25. The lowest BCUT2D eigenvalue weighted by atomic mass is 10.1. The molecule has 0 saturated carbocycles. The topological polar surface area (TPSA) is 79.5 Å². The number of hydrazine groups is 1. The van der Waals surface area contributed by atoms with Crippen molar-refractivity contribution in [1.82, 2.24) is 10.9 Å². The van der Waals surface area contributed by atoms with Crippen LogP contribution in [0.1, 0.15) is 11.1 Å². The second-order valence-corrected chi connectivity index (χ2v) is 5.63. The number of ether oxygens (including phenoxy) is 1. The number of hydrogen-bond acceptors (Lipinski definition) is 3. The average molecular weight is 348 g/mol. The van der Waals surface area contributed by atoms with Gasteiger partial charge in [-0.15, -0.1) is 0 Å². The van der Waals surface area contributed by atoms with Gasteiger partial charge in [0.15, 0.2) is 6.61 Å². The minimum Gasteiger partial charge on any atom is -0.483 e. The number of anilines is 1. The SMILES string of the molecule is Cc1ccc(OCC(=O)NNC(=O)Nc2cccc(Cl)c2)c(C)c1. The van der Waals surface area contributed by atoms with E-state index in [4.69, 9.17) is 16.3 Å². The van der Waals surface area contributed by atoms with Crippen LogP contribution in [0.15, 0.2) is 42.5 Å². The molecule has 0 bridgehead atoms. The first-order valence-corrected chi connectivity index (χ1v) is 7.63. The van der Waals surface area contributed by atoms with Crippen molar-refractivity contribution >= 4 is 29.2 Å². The number of aryl methyl sites for hydroxylation is 2. The Morgan fingerprint density at radius 1 is 1.08 bits per heavy atom. The molecule has 3 amide bonds. The molecule has 7 heteroatoms. The molecule has 0 aliphatic rings. The van der Waals surface area contributed by atoms with Gasteiger partial charge in [-0.2, -0.15) is 0 Å². The number of hydrogen-bond donors (Lipinski definition) is 3. The van der Waals surface area contributed by atoms with E-state index < -0.39 is 11.9 Å². The van der Waals surface area contributed by atoms with E-state index in [1.807, 2.05) is 26.0 Å². The van der Waals surface area contributed by atoms with Crippen molar-refractivity contribution in [2.45, 2.75) is 13.8 Å². The van der Waals surface area contributed by atoms with Crippen LogP contribution in [0.3, 0.4) is 0 Å². The molecule has 0 radical (unpaired) electrons. The maximum Gasteiger partial charge on any atom is 0.337 e. The third-order valence-corrected chi connectivity index (χ3v) is 3.32. The molecule has 2 aromatic rings. The van der Waals surface area contributed by atoms with E-state index in [0.717, 1.165) is 11.1 Å². The van der Waals surface area contributed by atoms with Crippen molar-refractivity contribution in [3.63, 3.8) is 0 Å². The molecule has 3 N–H and O–H groups in total. The first kappa shape index (κ1) is 17.6. The minimum atomic E-state index is -0.586. The molecule has 2 rings (SSSR count). The lowest BCUT2D eigenvalue weighted by Gasteiger charge is -2.11. The second-order valence-electron chi connectivity index (χ2n) is 5.20. The van der Waals surface area contributed by atoms with E-state index in [0.29, 0.717) is 16.5 Å². The van der Waals surface area contributed by atoms with E-state index in [-0.39, 0.29) is 6.61 Å². The lowest BCUT2D eigenvalue weighted by molar-refractivity contribution is -0.123. The molecule has 0 saturated heterocycles. The summed E-state index contributed by atoms with van der Waals surface area (Å²) < 4.78 is 5.42. The highest BCUT2D eigenvalue weighted by Crippen LogP contribution is 2.18. The highest BCUT2D eigenvalue weighted by Gasteiger charge is 2.07. The van der Waals surface area contributed by atoms with Gasteiger partial charge in [0, 0.05) is 10.7 Å². The fraction of sp³-hybridized carbons (Fsp3) is 0.176. The summed E-state index contributed by atoms with van der Waals surface area (Å²) in [6.45, 7) is 3.67. The largest absolute Gasteiger partial charge is 0.483 e. The molecular weight excluding hydrogens is 330 g/mol. The van der Waals surface area contributed by atoms with E-state index in [2.05, 4.69) is 16.2 Å². The number of carbonyl (C=O) groups is 2. The molecule has 0 atom stereocenters. The average Bonchev–Trinajstić information content (AvgIpc) is 2.52. The summed E-state index contributed by atoms with van der Waals surface area (Å²) in [4.78, 5) is 23.4. The zero-order chi connectivity index (χ0) is 17.5. The Kier molecular flexibility index (Phi) is 6.03. The Hall–Kier alpha value is -2.73. The number of benzene rings is 2. The van der Waals surface area contributed by atoms with Crippen LogP contribution in [0, 0.1) is 13.8 Å². The molecule has 0 fully saturated rings. The number of urea groups is 1. The van der Waals surface area contributed by atoms with Crippen molar-refractivity contribution in [2.75, 3.05) is 11.9 Å². The van der Waals surface area contributed by atoms with Crippen LogP contribution in [0.25, 0.3) is 0 Å². The van der Waals surface area contributed by atoms with Crippen molar-refractivity contribution in [3.8, 4) is 5.75 Å². The van der Waals surface area contributed by atoms with E-state index in [9.17, 15) is 9.59 Å². The van der Waals surface area contributed by atoms with Gasteiger partial charge in [0.2, 0.25) is 0 Å². The summed E-state index contributed by atoms with van der Waals surface area (Å²) in [6.07, 6.45) is 0. The first-order chi connectivity index (χ1) is 11.4. The summed E-state index contributed by atoms with van der Waals surface area (Å²) in [6, 6.07) is 11.7. The van der Waals surface area contributed by atoms with Crippen molar-refractivity contribution in [2.24, 2.45) is 0 Å². The third kappa shape index (κ3) is 5.48. The van der Waals surface area contributed by atoms with Crippen LogP contribution in [0.4, 0.5) is 10.5 Å². The molecule has 24 heavy (non-hydrogen) atoms. The molecule has 126 valence electrons. The smallest absolute Gasteiger partial charge is 0.337 e. The van der Waals surface area contributed by atoms with Crippen molar-refractivity contribution in [1.29, 1.82) is 0 Å².